The van der Waals surface area contributed by atoms with Crippen LogP contribution >= 0.6 is 27.5 Å². The van der Waals surface area contributed by atoms with Crippen molar-refractivity contribution in [3.05, 3.63) is 57.2 Å². The third-order valence-corrected chi connectivity index (χ3v) is 6.96. The van der Waals surface area contributed by atoms with Crippen LogP contribution in [0.4, 0.5) is 0 Å². The smallest absolute Gasteiger partial charge is 0.256 e. The van der Waals surface area contributed by atoms with Crippen molar-refractivity contribution in [3.63, 3.8) is 0 Å². The molecule has 0 aromatic heterocycles. The molecule has 0 bridgehead atoms. The second-order valence-electron chi connectivity index (χ2n) is 6.99. The fourth-order valence-electron chi connectivity index (χ4n) is 4.04. The van der Waals surface area contributed by atoms with Gasteiger partial charge in [-0.15, -0.1) is 0 Å². The van der Waals surface area contributed by atoms with Crippen LogP contribution in [-0.2, 0) is 0 Å². The van der Waals surface area contributed by atoms with Crippen LogP contribution in [0.15, 0.2) is 51.1 Å². The first-order valence-electron chi connectivity index (χ1n) is 8.29. The van der Waals surface area contributed by atoms with Gasteiger partial charge >= 0.3 is 0 Å². The summed E-state index contributed by atoms with van der Waals surface area (Å²) in [4.78, 5) is 18.6. The molecule has 1 aromatic carbocycles. The quantitative estimate of drug-likeness (QED) is 0.788. The van der Waals surface area contributed by atoms with E-state index < -0.39 is 11.6 Å². The minimum Gasteiger partial charge on any atom is -0.369 e. The average Bonchev–Trinajstić information content (AvgIpc) is 3.10. The highest BCUT2D eigenvalue weighted by Gasteiger charge is 2.46. The van der Waals surface area contributed by atoms with E-state index in [4.69, 9.17) is 11.6 Å². The van der Waals surface area contributed by atoms with E-state index >= 15 is 0 Å². The number of nitrogens with zero attached hydrogens (tertiary/aromatic N) is 2. The van der Waals surface area contributed by atoms with E-state index in [-0.39, 0.29) is 11.8 Å². The molecule has 0 spiro atoms. The van der Waals surface area contributed by atoms with Crippen LogP contribution in [-0.4, -0.2) is 27.6 Å². The number of fused-ring (bicyclic) bond motifs is 1. The highest BCUT2D eigenvalue weighted by atomic mass is 79.9. The summed E-state index contributed by atoms with van der Waals surface area (Å²) < 4.78 is 1.10. The fraction of sp³-hybridized carbons (Fsp3) is 0.368. The molecule has 3 atom stereocenters. The van der Waals surface area contributed by atoms with E-state index in [1.807, 2.05) is 18.2 Å². The number of rotatable bonds is 3. The standard InChI is InChI=1S/C19H18BrClN2O2/c1-10-13(20)9-14-15(10)19(2,18(21)22-14)7-8-23-16(24)11-5-3-4-6-12(11)17(23)25/h3-6,9-10,16,24H,7-8H2,1-2H3/t10-,16?,19?/m0/s1. The third-order valence-electron chi connectivity index (χ3n) is 5.54. The van der Waals surface area contributed by atoms with Crippen LogP contribution < -0.4 is 0 Å². The maximum Gasteiger partial charge on any atom is 0.256 e. The van der Waals surface area contributed by atoms with Gasteiger partial charge in [0.25, 0.3) is 5.91 Å². The van der Waals surface area contributed by atoms with E-state index in [1.54, 1.807) is 12.1 Å². The van der Waals surface area contributed by atoms with E-state index in [9.17, 15) is 9.90 Å². The molecule has 0 saturated carbocycles. The van der Waals surface area contributed by atoms with Gasteiger partial charge in [-0.05, 0) is 31.1 Å². The van der Waals surface area contributed by atoms with E-state index in [0.29, 0.717) is 29.3 Å². The van der Waals surface area contributed by atoms with Gasteiger partial charge in [0.1, 0.15) is 5.17 Å². The minimum absolute atomic E-state index is 0.134. The van der Waals surface area contributed by atoms with Gasteiger partial charge in [0.15, 0.2) is 6.23 Å². The van der Waals surface area contributed by atoms with Gasteiger partial charge in [0, 0.05) is 33.5 Å². The van der Waals surface area contributed by atoms with Crippen molar-refractivity contribution in [1.82, 2.24) is 4.90 Å². The summed E-state index contributed by atoms with van der Waals surface area (Å²) in [5.74, 6) is 0.0853. The average molecular weight is 422 g/mol. The molecule has 1 amide bonds. The number of amides is 1. The lowest BCUT2D eigenvalue weighted by Gasteiger charge is -2.32. The number of aliphatic hydroxyl groups is 1. The highest BCUT2D eigenvalue weighted by Crippen LogP contribution is 2.52. The normalized spacial score (nSPS) is 30.6. The Morgan fingerprint density at radius 1 is 1.40 bits per heavy atom. The van der Waals surface area contributed by atoms with Crippen molar-refractivity contribution in [2.75, 3.05) is 6.54 Å². The molecule has 0 radical (unpaired) electrons. The SMILES string of the molecule is C[C@H]1C(Br)=CC2=C1C(C)(CCN1C(=O)c3ccccc3C1O)C(Cl)=N2. The number of carbonyl (C=O) groups excluding carboxylic acids is 1. The Bertz CT molecular complexity index is 876. The van der Waals surface area contributed by atoms with Crippen molar-refractivity contribution in [2.45, 2.75) is 26.5 Å². The summed E-state index contributed by atoms with van der Waals surface area (Å²) in [6, 6.07) is 7.20. The van der Waals surface area contributed by atoms with Gasteiger partial charge in [-0.25, -0.2) is 4.99 Å². The number of carbonyl (C=O) groups is 1. The molecule has 3 aliphatic rings. The number of benzene rings is 1. The number of halogens is 2. The third kappa shape index (κ3) is 2.36. The topological polar surface area (TPSA) is 52.9 Å². The molecular formula is C19H18BrClN2O2. The largest absolute Gasteiger partial charge is 0.369 e. The molecule has 2 unspecified atom stereocenters. The van der Waals surface area contributed by atoms with Gasteiger partial charge in [-0.1, -0.05) is 52.7 Å². The van der Waals surface area contributed by atoms with Crippen molar-refractivity contribution >= 4 is 38.6 Å². The predicted octanol–water partition coefficient (Wildman–Crippen LogP) is 4.36. The molecular weight excluding hydrogens is 404 g/mol. The number of aliphatic imine (C=N–C) groups is 1. The number of aliphatic hydroxyl groups excluding tert-OH is 1. The van der Waals surface area contributed by atoms with Gasteiger partial charge in [0.2, 0.25) is 0 Å². The Labute approximate surface area is 160 Å². The summed E-state index contributed by atoms with van der Waals surface area (Å²) in [5.41, 5.74) is 2.93. The first-order chi connectivity index (χ1) is 11.8. The van der Waals surface area contributed by atoms with Gasteiger partial charge in [-0.2, -0.15) is 0 Å². The molecule has 0 fully saturated rings. The molecule has 6 heteroatoms. The second-order valence-corrected chi connectivity index (χ2v) is 8.27. The molecule has 130 valence electrons. The summed E-state index contributed by atoms with van der Waals surface area (Å²) >= 11 is 10.1. The molecule has 4 rings (SSSR count). The Hall–Kier alpha value is -1.43. The predicted molar refractivity (Wildman–Crippen MR) is 102 cm³/mol. The Kier molecular flexibility index (Phi) is 3.94. The molecule has 4 nitrogen and oxygen atoms in total. The van der Waals surface area contributed by atoms with Crippen LogP contribution in [0.2, 0.25) is 0 Å². The summed E-state index contributed by atoms with van der Waals surface area (Å²) in [6.45, 7) is 4.60. The summed E-state index contributed by atoms with van der Waals surface area (Å²) in [6.07, 6.45) is 1.73. The highest BCUT2D eigenvalue weighted by molar-refractivity contribution is 9.11. The monoisotopic (exact) mass is 420 g/mol. The molecule has 1 aromatic rings. The minimum atomic E-state index is -0.899. The van der Waals surface area contributed by atoms with Gasteiger partial charge in [0.05, 0.1) is 5.70 Å². The first kappa shape index (κ1) is 17.0. The van der Waals surface area contributed by atoms with E-state index in [2.05, 4.69) is 34.8 Å². The zero-order chi connectivity index (χ0) is 17.9. The maximum atomic E-state index is 12.6. The molecule has 2 heterocycles. The Morgan fingerprint density at radius 3 is 2.84 bits per heavy atom. The summed E-state index contributed by atoms with van der Waals surface area (Å²) in [7, 11) is 0. The molecule has 1 aliphatic carbocycles. The van der Waals surface area contributed by atoms with Crippen LogP contribution in [0.5, 0.6) is 0 Å². The van der Waals surface area contributed by atoms with Gasteiger partial charge < -0.3 is 10.0 Å². The second kappa shape index (κ2) is 5.79. The molecule has 1 N–H and O–H groups in total. The lowest BCUT2D eigenvalue weighted by atomic mass is 9.76. The van der Waals surface area contributed by atoms with Crippen molar-refractivity contribution in [2.24, 2.45) is 16.3 Å². The van der Waals surface area contributed by atoms with Crippen LogP contribution in [0.3, 0.4) is 0 Å². The van der Waals surface area contributed by atoms with Gasteiger partial charge in [-0.3, -0.25) is 4.79 Å². The maximum absolute atomic E-state index is 12.6. The lowest BCUT2D eigenvalue weighted by Crippen LogP contribution is -2.35. The van der Waals surface area contributed by atoms with Crippen LogP contribution in [0.25, 0.3) is 0 Å². The van der Waals surface area contributed by atoms with Crippen LogP contribution in [0.1, 0.15) is 42.4 Å². The zero-order valence-corrected chi connectivity index (χ0v) is 16.3. The number of allylic oxidation sites excluding steroid dienone is 3. The van der Waals surface area contributed by atoms with E-state index in [1.165, 1.54) is 10.5 Å². The lowest BCUT2D eigenvalue weighted by molar-refractivity contribution is 0.0151. The van der Waals surface area contributed by atoms with Crippen molar-refractivity contribution in [3.8, 4) is 0 Å². The zero-order valence-electron chi connectivity index (χ0n) is 14.0. The number of hydrogen-bond donors (Lipinski definition) is 1. The van der Waals surface area contributed by atoms with Crippen molar-refractivity contribution < 1.29 is 9.90 Å². The molecule has 25 heavy (non-hydrogen) atoms. The Balaban J connectivity index is 1.57. The van der Waals surface area contributed by atoms with Crippen molar-refractivity contribution in [1.29, 1.82) is 0 Å². The van der Waals surface area contributed by atoms with Crippen LogP contribution in [0, 0.1) is 11.3 Å². The fourth-order valence-corrected chi connectivity index (χ4v) is 4.78. The summed E-state index contributed by atoms with van der Waals surface area (Å²) in [5, 5.41) is 11.1. The molecule has 2 aliphatic heterocycles. The van der Waals surface area contributed by atoms with E-state index in [0.717, 1.165) is 10.2 Å². The first-order valence-corrected chi connectivity index (χ1v) is 9.46. The number of hydrogen-bond acceptors (Lipinski definition) is 3. The Morgan fingerprint density at radius 2 is 2.12 bits per heavy atom. The molecule has 0 saturated heterocycles.